The van der Waals surface area contributed by atoms with E-state index in [1.807, 2.05) is 63.2 Å². The van der Waals surface area contributed by atoms with Gasteiger partial charge in [0, 0.05) is 12.0 Å². The summed E-state index contributed by atoms with van der Waals surface area (Å²) in [5.41, 5.74) is 2.84. The molecule has 132 valence electrons. The summed E-state index contributed by atoms with van der Waals surface area (Å²) >= 11 is 0. The number of methoxy groups -OCH3 is 1. The van der Waals surface area contributed by atoms with Gasteiger partial charge < -0.3 is 14.8 Å². The van der Waals surface area contributed by atoms with Gasteiger partial charge in [-0.3, -0.25) is 4.79 Å². The van der Waals surface area contributed by atoms with Crippen molar-refractivity contribution in [2.75, 3.05) is 7.11 Å². The molecule has 0 radical (unpaired) electrons. The van der Waals surface area contributed by atoms with Crippen molar-refractivity contribution >= 4 is 5.91 Å². The molecule has 2 aromatic rings. The van der Waals surface area contributed by atoms with Crippen molar-refractivity contribution in [1.82, 2.24) is 5.32 Å². The van der Waals surface area contributed by atoms with Crippen molar-refractivity contribution in [1.29, 1.82) is 0 Å². The molecule has 1 atom stereocenters. The van der Waals surface area contributed by atoms with Crippen LogP contribution in [0.2, 0.25) is 0 Å². The Morgan fingerprint density at radius 1 is 1.24 bits per heavy atom. The largest absolute Gasteiger partial charge is 0.497 e. The molecule has 0 aliphatic carbocycles. The van der Waals surface area contributed by atoms with Crippen LogP contribution in [0, 0.1) is 6.92 Å². The number of carbonyl (C=O) groups is 1. The maximum Gasteiger partial charge on any atom is 0.224 e. The molecular weight excluding hydrogens is 314 g/mol. The van der Waals surface area contributed by atoms with Gasteiger partial charge >= 0.3 is 0 Å². The second-order valence-corrected chi connectivity index (χ2v) is 7.25. The number of hydrogen-bond acceptors (Lipinski definition) is 3. The van der Waals surface area contributed by atoms with Gasteiger partial charge in [0.15, 0.2) is 0 Å². The van der Waals surface area contributed by atoms with Crippen molar-refractivity contribution < 1.29 is 14.3 Å². The van der Waals surface area contributed by atoms with Crippen LogP contribution in [0.1, 0.15) is 43.0 Å². The van der Waals surface area contributed by atoms with Crippen molar-refractivity contribution in [2.45, 2.75) is 45.3 Å². The maximum atomic E-state index is 12.6. The third kappa shape index (κ3) is 4.13. The van der Waals surface area contributed by atoms with E-state index in [1.54, 1.807) is 7.11 Å². The zero-order valence-electron chi connectivity index (χ0n) is 15.3. The molecule has 25 heavy (non-hydrogen) atoms. The first-order valence-electron chi connectivity index (χ1n) is 8.58. The minimum atomic E-state index is -0.330. The lowest BCUT2D eigenvalue weighted by Crippen LogP contribution is -2.41. The van der Waals surface area contributed by atoms with Gasteiger partial charge in [0.05, 0.1) is 19.6 Å². The van der Waals surface area contributed by atoms with Gasteiger partial charge in [-0.2, -0.15) is 0 Å². The fraction of sp³-hybridized carbons (Fsp3) is 0.381. The van der Waals surface area contributed by atoms with Crippen LogP contribution >= 0.6 is 0 Å². The van der Waals surface area contributed by atoms with E-state index in [0.717, 1.165) is 22.6 Å². The summed E-state index contributed by atoms with van der Waals surface area (Å²) < 4.78 is 11.4. The van der Waals surface area contributed by atoms with E-state index in [0.29, 0.717) is 12.8 Å². The van der Waals surface area contributed by atoms with E-state index in [2.05, 4.69) is 5.32 Å². The summed E-state index contributed by atoms with van der Waals surface area (Å²) in [6.07, 6.45) is 1.09. The average Bonchev–Trinajstić information content (AvgIpc) is 2.55. The number of carbonyl (C=O) groups excluding carboxylic acids is 1. The van der Waals surface area contributed by atoms with Gasteiger partial charge in [0.25, 0.3) is 0 Å². The lowest BCUT2D eigenvalue weighted by Gasteiger charge is -2.38. The number of aryl methyl sites for hydroxylation is 1. The summed E-state index contributed by atoms with van der Waals surface area (Å²) in [7, 11) is 1.64. The molecule has 1 unspecified atom stereocenters. The normalized spacial score (nSPS) is 18.0. The average molecular weight is 339 g/mol. The van der Waals surface area contributed by atoms with Gasteiger partial charge in [0.1, 0.15) is 17.1 Å². The Balaban J connectivity index is 1.79. The molecule has 4 nitrogen and oxygen atoms in total. The molecule has 4 heteroatoms. The topological polar surface area (TPSA) is 47.6 Å². The Labute approximate surface area is 149 Å². The van der Waals surface area contributed by atoms with Crippen molar-refractivity contribution in [3.63, 3.8) is 0 Å². The van der Waals surface area contributed by atoms with Gasteiger partial charge in [-0.15, -0.1) is 0 Å². The van der Waals surface area contributed by atoms with Crippen molar-refractivity contribution in [3.05, 3.63) is 59.2 Å². The molecule has 1 heterocycles. The summed E-state index contributed by atoms with van der Waals surface area (Å²) in [5, 5.41) is 3.17. The van der Waals surface area contributed by atoms with E-state index in [1.165, 1.54) is 5.56 Å². The van der Waals surface area contributed by atoms with E-state index in [4.69, 9.17) is 9.47 Å². The first-order chi connectivity index (χ1) is 11.9. The van der Waals surface area contributed by atoms with Crippen LogP contribution in [0.25, 0.3) is 0 Å². The van der Waals surface area contributed by atoms with Gasteiger partial charge in [0.2, 0.25) is 5.91 Å². The number of hydrogen-bond donors (Lipinski definition) is 1. The number of rotatable bonds is 4. The Morgan fingerprint density at radius 3 is 2.64 bits per heavy atom. The highest BCUT2D eigenvalue weighted by atomic mass is 16.5. The minimum Gasteiger partial charge on any atom is -0.497 e. The Morgan fingerprint density at radius 2 is 1.96 bits per heavy atom. The lowest BCUT2D eigenvalue weighted by atomic mass is 9.89. The molecule has 1 aliphatic rings. The molecule has 0 saturated carbocycles. The third-order valence-corrected chi connectivity index (χ3v) is 4.49. The zero-order chi connectivity index (χ0) is 18.0. The molecule has 0 aromatic heterocycles. The fourth-order valence-electron chi connectivity index (χ4n) is 3.23. The second-order valence-electron chi connectivity index (χ2n) is 7.25. The summed E-state index contributed by atoms with van der Waals surface area (Å²) in [5.74, 6) is 1.58. The maximum absolute atomic E-state index is 12.6. The number of ether oxygens (including phenoxy) is 2. The third-order valence-electron chi connectivity index (χ3n) is 4.49. The Kier molecular flexibility index (Phi) is 4.71. The molecule has 0 bridgehead atoms. The Bertz CT molecular complexity index is 765. The summed E-state index contributed by atoms with van der Waals surface area (Å²) in [6.45, 7) is 6.12. The quantitative estimate of drug-likeness (QED) is 0.917. The zero-order valence-corrected chi connectivity index (χ0v) is 15.3. The summed E-state index contributed by atoms with van der Waals surface area (Å²) in [6, 6.07) is 13.7. The molecule has 2 aromatic carbocycles. The van der Waals surface area contributed by atoms with Gasteiger partial charge in [-0.25, -0.2) is 0 Å². The summed E-state index contributed by atoms with van der Waals surface area (Å²) in [4.78, 5) is 12.6. The predicted octanol–water partition coefficient (Wildman–Crippen LogP) is 3.96. The fourth-order valence-corrected chi connectivity index (χ4v) is 3.23. The molecule has 0 fully saturated rings. The first kappa shape index (κ1) is 17.3. The minimum absolute atomic E-state index is 0.0142. The second kappa shape index (κ2) is 6.79. The van der Waals surface area contributed by atoms with Crippen LogP contribution in [-0.4, -0.2) is 18.6 Å². The smallest absolute Gasteiger partial charge is 0.224 e. The van der Waals surface area contributed by atoms with Crippen LogP contribution in [0.3, 0.4) is 0 Å². The molecule has 1 aliphatic heterocycles. The van der Waals surface area contributed by atoms with E-state index >= 15 is 0 Å². The number of amides is 1. The molecule has 0 saturated heterocycles. The molecule has 0 spiro atoms. The number of fused-ring (bicyclic) bond motifs is 1. The number of benzene rings is 2. The Hall–Kier alpha value is -2.49. The first-order valence-corrected chi connectivity index (χ1v) is 8.58. The van der Waals surface area contributed by atoms with Crippen LogP contribution in [0.15, 0.2) is 42.5 Å². The highest BCUT2D eigenvalue weighted by Crippen LogP contribution is 2.41. The van der Waals surface area contributed by atoms with Crippen LogP contribution in [0.5, 0.6) is 11.5 Å². The van der Waals surface area contributed by atoms with Crippen LogP contribution in [0.4, 0.5) is 0 Å². The predicted molar refractivity (Wildman–Crippen MR) is 98.1 cm³/mol. The van der Waals surface area contributed by atoms with Crippen molar-refractivity contribution in [2.24, 2.45) is 0 Å². The van der Waals surface area contributed by atoms with E-state index in [9.17, 15) is 4.79 Å². The van der Waals surface area contributed by atoms with Crippen molar-refractivity contribution in [3.8, 4) is 11.5 Å². The lowest BCUT2D eigenvalue weighted by molar-refractivity contribution is -0.121. The number of nitrogens with one attached hydrogen (secondary N) is 1. The molecule has 1 N–H and O–H groups in total. The van der Waals surface area contributed by atoms with Crippen LogP contribution in [-0.2, 0) is 11.2 Å². The van der Waals surface area contributed by atoms with Gasteiger partial charge in [-0.05, 0) is 44.5 Å². The standard InChI is InChI=1S/C21H25NO3/c1-14-5-7-15(8-6-14)11-20(23)22-18-13-21(2,3)25-19-10-9-16(24-4)12-17(18)19/h5-10,12,18H,11,13H2,1-4H3,(H,22,23). The highest BCUT2D eigenvalue weighted by molar-refractivity contribution is 5.79. The molecule has 1 amide bonds. The van der Waals surface area contributed by atoms with E-state index < -0.39 is 0 Å². The monoisotopic (exact) mass is 339 g/mol. The SMILES string of the molecule is COc1ccc2c(c1)C(NC(=O)Cc1ccc(C)cc1)CC(C)(C)O2. The van der Waals surface area contributed by atoms with Gasteiger partial charge in [-0.1, -0.05) is 29.8 Å². The van der Waals surface area contributed by atoms with Crippen LogP contribution < -0.4 is 14.8 Å². The molecular formula is C21H25NO3. The van der Waals surface area contributed by atoms with E-state index in [-0.39, 0.29) is 17.6 Å². The molecule has 3 rings (SSSR count). The highest BCUT2D eigenvalue weighted by Gasteiger charge is 2.34.